The molecule has 0 atom stereocenters. The van der Waals surface area contributed by atoms with Crippen LogP contribution < -0.4 is 14.8 Å². The molecule has 6 nitrogen and oxygen atoms in total. The summed E-state index contributed by atoms with van der Waals surface area (Å²) >= 11 is 4.26. The van der Waals surface area contributed by atoms with Crippen LogP contribution in [0.2, 0.25) is 0 Å². The summed E-state index contributed by atoms with van der Waals surface area (Å²) in [5, 5.41) is 3.53. The van der Waals surface area contributed by atoms with E-state index >= 15 is 0 Å². The molecule has 0 saturated carbocycles. The van der Waals surface area contributed by atoms with Crippen LogP contribution in [0, 0.1) is 0 Å². The molecule has 0 aliphatic carbocycles. The van der Waals surface area contributed by atoms with Gasteiger partial charge in [-0.05, 0) is 75.2 Å². The highest BCUT2D eigenvalue weighted by atomic mass is 79.9. The second kappa shape index (κ2) is 8.95. The van der Waals surface area contributed by atoms with Crippen LogP contribution in [0.1, 0.15) is 22.8 Å². The molecular weight excluding hydrogens is 482 g/mol. The highest BCUT2D eigenvalue weighted by Crippen LogP contribution is 2.39. The first kappa shape index (κ1) is 21.1. The minimum Gasteiger partial charge on any atom is -0.490 e. The third-order valence-electron chi connectivity index (χ3n) is 4.48. The summed E-state index contributed by atoms with van der Waals surface area (Å²) in [6.45, 7) is 2.16. The minimum absolute atomic E-state index is 0.238. The predicted molar refractivity (Wildman–Crippen MR) is 123 cm³/mol. The van der Waals surface area contributed by atoms with Gasteiger partial charge in [-0.1, -0.05) is 36.4 Å². The van der Waals surface area contributed by atoms with Crippen LogP contribution in [0.25, 0.3) is 16.8 Å². The third kappa shape index (κ3) is 4.50. The zero-order chi connectivity index (χ0) is 22.0. The van der Waals surface area contributed by atoms with E-state index in [4.69, 9.17) is 9.47 Å². The average Bonchev–Trinajstić information content (AvgIpc) is 3.06. The van der Waals surface area contributed by atoms with Crippen molar-refractivity contribution in [2.45, 2.75) is 6.92 Å². The molecule has 0 spiro atoms. The fraction of sp³-hybridized carbons (Fsp3) is 0.0870. The first-order chi connectivity index (χ1) is 15.0. The lowest BCUT2D eigenvalue weighted by Gasteiger charge is -2.14. The van der Waals surface area contributed by atoms with E-state index in [2.05, 4.69) is 21.2 Å². The van der Waals surface area contributed by atoms with Crippen LogP contribution in [0.15, 0.2) is 64.0 Å². The number of thioether (sulfide) groups is 1. The van der Waals surface area contributed by atoms with Gasteiger partial charge in [0.25, 0.3) is 11.1 Å². The number of amides is 2. The molecule has 8 heteroatoms. The molecule has 31 heavy (non-hydrogen) atoms. The first-order valence-electron chi connectivity index (χ1n) is 9.37. The van der Waals surface area contributed by atoms with Gasteiger partial charge in [0.05, 0.1) is 21.5 Å². The maximum absolute atomic E-state index is 13.0. The normalized spacial score (nSPS) is 14.7. The highest BCUT2D eigenvalue weighted by molar-refractivity contribution is 9.10. The van der Waals surface area contributed by atoms with Crippen molar-refractivity contribution in [3.05, 3.63) is 75.1 Å². The molecule has 1 aliphatic rings. The molecule has 1 aliphatic heterocycles. The number of imide groups is 1. The zero-order valence-electron chi connectivity index (χ0n) is 16.3. The Kier molecular flexibility index (Phi) is 6.11. The number of hydrogen-bond acceptors (Lipinski definition) is 6. The second-order valence-corrected chi connectivity index (χ2v) is 8.40. The largest absolute Gasteiger partial charge is 0.490 e. The van der Waals surface area contributed by atoms with Gasteiger partial charge < -0.3 is 9.47 Å². The number of fused-ring (bicyclic) bond motifs is 1. The predicted octanol–water partition coefficient (Wildman–Crippen LogP) is 5.54. The zero-order valence-corrected chi connectivity index (χ0v) is 18.7. The molecule has 1 heterocycles. The van der Waals surface area contributed by atoms with Gasteiger partial charge in [0.1, 0.15) is 0 Å². The molecule has 1 N–H and O–H groups in total. The van der Waals surface area contributed by atoms with E-state index in [0.717, 1.165) is 22.5 Å². The molecule has 3 aromatic carbocycles. The molecule has 2 amide bonds. The van der Waals surface area contributed by atoms with Crippen molar-refractivity contribution in [1.82, 2.24) is 5.32 Å². The number of benzene rings is 3. The van der Waals surface area contributed by atoms with Gasteiger partial charge >= 0.3 is 5.97 Å². The quantitative estimate of drug-likeness (QED) is 0.283. The van der Waals surface area contributed by atoms with Gasteiger partial charge in [0.15, 0.2) is 11.5 Å². The standard InChI is InChI=1S/C23H16BrNO5S/c1-2-29-18-11-13(12-19-21(26)25-23(28)31-19)10-17(24)20(18)30-22(27)16-9-5-7-14-6-3-4-8-15(14)16/h3-12H,2H2,1H3,(H,25,26,28)/b19-12-. The van der Waals surface area contributed by atoms with Crippen LogP contribution in [0.4, 0.5) is 4.79 Å². The summed E-state index contributed by atoms with van der Waals surface area (Å²) in [5.41, 5.74) is 1.06. The molecule has 0 radical (unpaired) electrons. The SMILES string of the molecule is CCOc1cc(/C=C2\SC(=O)NC2=O)cc(Br)c1OC(=O)c1cccc2ccccc12. The smallest absolute Gasteiger partial charge is 0.344 e. The maximum Gasteiger partial charge on any atom is 0.344 e. The molecule has 3 aromatic rings. The van der Waals surface area contributed by atoms with Crippen molar-refractivity contribution in [3.63, 3.8) is 0 Å². The third-order valence-corrected chi connectivity index (χ3v) is 5.88. The molecule has 4 rings (SSSR count). The maximum atomic E-state index is 13.0. The van der Waals surface area contributed by atoms with Crippen LogP contribution in [-0.4, -0.2) is 23.7 Å². The lowest BCUT2D eigenvalue weighted by atomic mass is 10.0. The van der Waals surface area contributed by atoms with Gasteiger partial charge in [0.2, 0.25) is 0 Å². The van der Waals surface area contributed by atoms with E-state index in [1.54, 1.807) is 30.3 Å². The van der Waals surface area contributed by atoms with Crippen molar-refractivity contribution in [2.24, 2.45) is 0 Å². The van der Waals surface area contributed by atoms with Gasteiger partial charge in [-0.2, -0.15) is 0 Å². The van der Waals surface area contributed by atoms with Crippen LogP contribution in [-0.2, 0) is 4.79 Å². The van der Waals surface area contributed by atoms with Crippen LogP contribution >= 0.6 is 27.7 Å². The van der Waals surface area contributed by atoms with Crippen molar-refractivity contribution in [1.29, 1.82) is 0 Å². The van der Waals surface area contributed by atoms with E-state index in [0.29, 0.717) is 28.0 Å². The Morgan fingerprint density at radius 3 is 2.65 bits per heavy atom. The van der Waals surface area contributed by atoms with E-state index < -0.39 is 17.1 Å². The van der Waals surface area contributed by atoms with Gasteiger partial charge in [-0.15, -0.1) is 0 Å². The Balaban J connectivity index is 1.69. The van der Waals surface area contributed by atoms with Gasteiger partial charge in [-0.3, -0.25) is 14.9 Å². The van der Waals surface area contributed by atoms with E-state index in [-0.39, 0.29) is 10.7 Å². The van der Waals surface area contributed by atoms with Gasteiger partial charge in [-0.25, -0.2) is 4.79 Å². The number of nitrogens with one attached hydrogen (secondary N) is 1. The summed E-state index contributed by atoms with van der Waals surface area (Å²) in [5.74, 6) is -0.384. The van der Waals surface area contributed by atoms with E-state index in [9.17, 15) is 14.4 Å². The molecule has 0 aromatic heterocycles. The first-order valence-corrected chi connectivity index (χ1v) is 11.0. The van der Waals surface area contributed by atoms with E-state index in [1.807, 2.05) is 37.3 Å². The number of carbonyl (C=O) groups is 3. The molecule has 1 saturated heterocycles. The Morgan fingerprint density at radius 1 is 1.13 bits per heavy atom. The Bertz CT molecular complexity index is 1250. The molecule has 0 unspecified atom stereocenters. The average molecular weight is 498 g/mol. The highest BCUT2D eigenvalue weighted by Gasteiger charge is 2.25. The Labute approximate surface area is 190 Å². The van der Waals surface area contributed by atoms with E-state index in [1.165, 1.54) is 0 Å². The second-order valence-electron chi connectivity index (χ2n) is 6.53. The number of rotatable bonds is 5. The van der Waals surface area contributed by atoms with Crippen molar-refractivity contribution >= 4 is 61.7 Å². The molecule has 156 valence electrons. The minimum atomic E-state index is -0.513. The Morgan fingerprint density at radius 2 is 1.90 bits per heavy atom. The summed E-state index contributed by atoms with van der Waals surface area (Å²) in [6.07, 6.45) is 1.58. The number of hydrogen-bond donors (Lipinski definition) is 1. The number of carbonyl (C=O) groups excluding carboxylic acids is 3. The summed E-state index contributed by atoms with van der Waals surface area (Å²) in [4.78, 5) is 36.5. The van der Waals surface area contributed by atoms with Crippen LogP contribution in [0.3, 0.4) is 0 Å². The summed E-state index contributed by atoms with van der Waals surface area (Å²) in [6, 6.07) is 16.4. The topological polar surface area (TPSA) is 81.7 Å². The molecular formula is C23H16BrNO5S. The fourth-order valence-electron chi connectivity index (χ4n) is 3.16. The molecule has 0 bridgehead atoms. The lowest BCUT2D eigenvalue weighted by Crippen LogP contribution is -2.17. The van der Waals surface area contributed by atoms with Crippen molar-refractivity contribution in [3.8, 4) is 11.5 Å². The number of esters is 1. The lowest BCUT2D eigenvalue weighted by molar-refractivity contribution is -0.115. The van der Waals surface area contributed by atoms with Crippen molar-refractivity contribution in [2.75, 3.05) is 6.61 Å². The molecule has 1 fully saturated rings. The summed E-state index contributed by atoms with van der Waals surface area (Å²) < 4.78 is 11.9. The van der Waals surface area contributed by atoms with Crippen molar-refractivity contribution < 1.29 is 23.9 Å². The Hall–Kier alpha value is -3.10. The fourth-order valence-corrected chi connectivity index (χ4v) is 4.38. The number of ether oxygens (including phenoxy) is 2. The van der Waals surface area contributed by atoms with Gasteiger partial charge in [0, 0.05) is 0 Å². The number of halogens is 1. The summed E-state index contributed by atoms with van der Waals surface area (Å²) in [7, 11) is 0. The van der Waals surface area contributed by atoms with Crippen LogP contribution in [0.5, 0.6) is 11.5 Å². The monoisotopic (exact) mass is 497 g/mol.